The lowest BCUT2D eigenvalue weighted by Gasteiger charge is -2.05. The molecule has 2 N–H and O–H groups in total. The first-order valence-corrected chi connectivity index (χ1v) is 6.66. The highest BCUT2D eigenvalue weighted by atomic mass is 16.5. The van der Waals surface area contributed by atoms with Crippen molar-refractivity contribution in [2.24, 2.45) is 0 Å². The fourth-order valence-corrected chi connectivity index (χ4v) is 1.86. The Balaban J connectivity index is 2.44. The monoisotopic (exact) mass is 291 g/mol. The van der Waals surface area contributed by atoms with Crippen LogP contribution in [0.3, 0.4) is 0 Å². The van der Waals surface area contributed by atoms with E-state index in [0.29, 0.717) is 6.54 Å². The molecule has 0 fully saturated rings. The van der Waals surface area contributed by atoms with Gasteiger partial charge in [0.25, 0.3) is 5.56 Å². The minimum Gasteiger partial charge on any atom is -0.461 e. The Bertz CT molecular complexity index is 704. The van der Waals surface area contributed by atoms with Gasteiger partial charge in [0, 0.05) is 18.9 Å². The zero-order valence-corrected chi connectivity index (χ0v) is 11.9. The van der Waals surface area contributed by atoms with Crippen LogP contribution in [0.25, 0.3) is 5.82 Å². The van der Waals surface area contributed by atoms with E-state index in [1.54, 1.807) is 13.1 Å². The smallest absolute Gasteiger partial charge is 0.361 e. The Kier molecular flexibility index (Phi) is 4.36. The lowest BCUT2D eigenvalue weighted by Crippen LogP contribution is -2.25. The molecule has 0 bridgehead atoms. The van der Waals surface area contributed by atoms with Crippen LogP contribution in [0, 0.1) is 0 Å². The number of nitrogen functional groups attached to an aromatic ring is 1. The molecule has 2 aromatic rings. The van der Waals surface area contributed by atoms with Crippen molar-refractivity contribution in [1.82, 2.24) is 19.3 Å². The van der Waals surface area contributed by atoms with Crippen LogP contribution in [0.15, 0.2) is 23.4 Å². The minimum absolute atomic E-state index is 0.0241. The summed E-state index contributed by atoms with van der Waals surface area (Å²) in [6.07, 6.45) is 5.31. The number of aryl methyl sites for hydroxylation is 1. The standard InChI is InChI=1S/C13H17N5O3/c1-3-6-17-7-5-15-11(12(17)19)18-8-9(14)10(16-18)13(20)21-4-2/h5,7-8H,3-4,6,14H2,1-2H3. The number of hydrogen-bond acceptors (Lipinski definition) is 6. The van der Waals surface area contributed by atoms with Crippen molar-refractivity contribution in [2.75, 3.05) is 12.3 Å². The third-order valence-corrected chi connectivity index (χ3v) is 2.79. The topological polar surface area (TPSA) is 105 Å². The summed E-state index contributed by atoms with van der Waals surface area (Å²) >= 11 is 0. The van der Waals surface area contributed by atoms with Gasteiger partial charge in [-0.3, -0.25) is 4.79 Å². The van der Waals surface area contributed by atoms with E-state index in [-0.39, 0.29) is 29.4 Å². The van der Waals surface area contributed by atoms with Gasteiger partial charge in [-0.05, 0) is 13.3 Å². The highest BCUT2D eigenvalue weighted by molar-refractivity contribution is 5.92. The summed E-state index contributed by atoms with van der Waals surface area (Å²) in [5.74, 6) is -0.535. The molecule has 0 aliphatic heterocycles. The number of nitrogens with zero attached hydrogens (tertiary/aromatic N) is 4. The van der Waals surface area contributed by atoms with E-state index in [4.69, 9.17) is 10.5 Å². The van der Waals surface area contributed by atoms with Gasteiger partial charge in [-0.2, -0.15) is 5.10 Å². The Morgan fingerprint density at radius 3 is 2.86 bits per heavy atom. The third-order valence-electron chi connectivity index (χ3n) is 2.79. The molecule has 0 unspecified atom stereocenters. The van der Waals surface area contributed by atoms with Crippen LogP contribution in [0.2, 0.25) is 0 Å². The molecule has 0 atom stereocenters. The SMILES string of the molecule is CCCn1ccnc(-n2cc(N)c(C(=O)OCC)n2)c1=O. The molecule has 0 saturated carbocycles. The second-order valence-corrected chi connectivity index (χ2v) is 4.35. The molecular weight excluding hydrogens is 274 g/mol. The van der Waals surface area contributed by atoms with Gasteiger partial charge in [0.15, 0.2) is 5.69 Å². The number of nitrogens with two attached hydrogens (primary N) is 1. The van der Waals surface area contributed by atoms with Crippen LogP contribution in [0.5, 0.6) is 0 Å². The predicted octanol–water partition coefficient (Wildman–Crippen LogP) is 0.598. The van der Waals surface area contributed by atoms with E-state index in [0.717, 1.165) is 6.42 Å². The molecule has 8 nitrogen and oxygen atoms in total. The number of ether oxygens (including phenoxy) is 1. The quantitative estimate of drug-likeness (QED) is 0.809. The number of anilines is 1. The van der Waals surface area contributed by atoms with Crippen molar-refractivity contribution < 1.29 is 9.53 Å². The summed E-state index contributed by atoms with van der Waals surface area (Å²) in [6.45, 7) is 4.46. The minimum atomic E-state index is -0.626. The molecule has 0 aromatic carbocycles. The molecule has 0 saturated heterocycles. The lowest BCUT2D eigenvalue weighted by molar-refractivity contribution is 0.0520. The summed E-state index contributed by atoms with van der Waals surface area (Å²) in [7, 11) is 0. The van der Waals surface area contributed by atoms with E-state index in [1.165, 1.54) is 21.6 Å². The van der Waals surface area contributed by atoms with Crippen LogP contribution in [0.4, 0.5) is 5.69 Å². The molecule has 0 aliphatic rings. The van der Waals surface area contributed by atoms with Crippen molar-refractivity contribution >= 4 is 11.7 Å². The molecule has 2 aromatic heterocycles. The first kappa shape index (κ1) is 14.8. The molecule has 0 amide bonds. The van der Waals surface area contributed by atoms with Crippen LogP contribution >= 0.6 is 0 Å². The first-order chi connectivity index (χ1) is 10.1. The Morgan fingerprint density at radius 2 is 2.19 bits per heavy atom. The van der Waals surface area contributed by atoms with Crippen molar-refractivity contribution in [3.8, 4) is 5.82 Å². The third kappa shape index (κ3) is 2.93. The van der Waals surface area contributed by atoms with Gasteiger partial charge < -0.3 is 15.0 Å². The van der Waals surface area contributed by atoms with Crippen molar-refractivity contribution in [3.63, 3.8) is 0 Å². The molecule has 2 rings (SSSR count). The van der Waals surface area contributed by atoms with Gasteiger partial charge in [0.1, 0.15) is 0 Å². The summed E-state index contributed by atoms with van der Waals surface area (Å²) in [4.78, 5) is 28.0. The molecule has 0 aliphatic carbocycles. The Hall–Kier alpha value is -2.64. The van der Waals surface area contributed by atoms with Gasteiger partial charge in [-0.15, -0.1) is 0 Å². The van der Waals surface area contributed by atoms with Crippen molar-refractivity contribution in [3.05, 3.63) is 34.6 Å². The van der Waals surface area contributed by atoms with E-state index in [2.05, 4.69) is 10.1 Å². The Morgan fingerprint density at radius 1 is 1.43 bits per heavy atom. The lowest BCUT2D eigenvalue weighted by atomic mass is 10.4. The number of rotatable bonds is 5. The number of esters is 1. The molecule has 0 spiro atoms. The van der Waals surface area contributed by atoms with Crippen LogP contribution in [0.1, 0.15) is 30.8 Å². The maximum Gasteiger partial charge on any atom is 0.361 e. The van der Waals surface area contributed by atoms with Crippen molar-refractivity contribution in [2.45, 2.75) is 26.8 Å². The summed E-state index contributed by atoms with van der Waals surface area (Å²) in [6, 6.07) is 0. The molecule has 112 valence electrons. The average Bonchev–Trinajstić information content (AvgIpc) is 2.83. The second kappa shape index (κ2) is 6.21. The zero-order valence-electron chi connectivity index (χ0n) is 11.9. The van der Waals surface area contributed by atoms with Gasteiger partial charge in [0.05, 0.1) is 18.5 Å². The van der Waals surface area contributed by atoms with E-state index in [9.17, 15) is 9.59 Å². The summed E-state index contributed by atoms with van der Waals surface area (Å²) in [5.41, 5.74) is 5.56. The maximum absolute atomic E-state index is 12.3. The fourth-order valence-electron chi connectivity index (χ4n) is 1.86. The zero-order chi connectivity index (χ0) is 15.4. The average molecular weight is 291 g/mol. The first-order valence-electron chi connectivity index (χ1n) is 6.66. The van der Waals surface area contributed by atoms with Gasteiger partial charge in [0.2, 0.25) is 5.82 Å². The maximum atomic E-state index is 12.3. The largest absolute Gasteiger partial charge is 0.461 e. The predicted molar refractivity (Wildman–Crippen MR) is 76.3 cm³/mol. The van der Waals surface area contributed by atoms with Gasteiger partial charge >= 0.3 is 5.97 Å². The van der Waals surface area contributed by atoms with Gasteiger partial charge in [-0.25, -0.2) is 14.5 Å². The number of carbonyl (C=O) groups is 1. The van der Waals surface area contributed by atoms with Crippen LogP contribution in [-0.4, -0.2) is 31.9 Å². The Labute approximate surface area is 121 Å². The van der Waals surface area contributed by atoms with E-state index < -0.39 is 5.97 Å². The molecule has 2 heterocycles. The number of aromatic nitrogens is 4. The molecule has 21 heavy (non-hydrogen) atoms. The van der Waals surface area contributed by atoms with Crippen molar-refractivity contribution in [1.29, 1.82) is 0 Å². The molecule has 0 radical (unpaired) electrons. The summed E-state index contributed by atoms with van der Waals surface area (Å²) < 4.78 is 7.59. The molecule has 8 heteroatoms. The molecular formula is C13H17N5O3. The highest BCUT2D eigenvalue weighted by Crippen LogP contribution is 2.12. The normalized spacial score (nSPS) is 10.6. The van der Waals surface area contributed by atoms with Gasteiger partial charge in [-0.1, -0.05) is 6.92 Å². The van der Waals surface area contributed by atoms with Crippen LogP contribution < -0.4 is 11.3 Å². The second-order valence-electron chi connectivity index (χ2n) is 4.35. The van der Waals surface area contributed by atoms with E-state index in [1.807, 2.05) is 6.92 Å². The number of hydrogen-bond donors (Lipinski definition) is 1. The highest BCUT2D eigenvalue weighted by Gasteiger charge is 2.18. The van der Waals surface area contributed by atoms with Crippen LogP contribution in [-0.2, 0) is 11.3 Å². The number of carbonyl (C=O) groups excluding carboxylic acids is 1. The fraction of sp³-hybridized carbons (Fsp3) is 0.385. The van der Waals surface area contributed by atoms with E-state index >= 15 is 0 Å². The summed E-state index contributed by atoms with van der Waals surface area (Å²) in [5, 5.41) is 4.00.